The lowest BCUT2D eigenvalue weighted by Gasteiger charge is -2.34. The zero-order valence-corrected chi connectivity index (χ0v) is 18.0. The molecule has 1 aliphatic rings. The fraction of sp³-hybridized carbons (Fsp3) is 0.375. The van der Waals surface area contributed by atoms with Crippen LogP contribution in [0.4, 0.5) is 4.39 Å². The minimum atomic E-state index is -0.316. The molecule has 0 unspecified atom stereocenters. The molecule has 7 nitrogen and oxygen atoms in total. The third kappa shape index (κ3) is 6.45. The van der Waals surface area contributed by atoms with Crippen molar-refractivity contribution in [2.45, 2.75) is 19.4 Å². The maximum atomic E-state index is 13.0. The van der Waals surface area contributed by atoms with Gasteiger partial charge in [-0.1, -0.05) is 35.5 Å². The molecule has 4 rings (SSSR count). The second-order valence-electron chi connectivity index (χ2n) is 7.97. The van der Waals surface area contributed by atoms with E-state index in [0.717, 1.165) is 39.3 Å². The van der Waals surface area contributed by atoms with E-state index in [9.17, 15) is 9.18 Å². The van der Waals surface area contributed by atoms with Gasteiger partial charge in [0.1, 0.15) is 5.82 Å². The number of halogens is 1. The lowest BCUT2D eigenvalue weighted by Crippen LogP contribution is -2.48. The lowest BCUT2D eigenvalue weighted by atomic mass is 10.2. The molecule has 1 fully saturated rings. The SMILES string of the molecule is O=C(CCc1nc(-c2ccc(F)cc2)no1)NCCN1CCN(Cc2ccccc2)CC1. The Morgan fingerprint density at radius 3 is 2.47 bits per heavy atom. The van der Waals surface area contributed by atoms with Crippen molar-refractivity contribution >= 4 is 5.91 Å². The molecule has 0 atom stereocenters. The second kappa shape index (κ2) is 11.0. The minimum Gasteiger partial charge on any atom is -0.355 e. The van der Waals surface area contributed by atoms with Crippen molar-refractivity contribution in [3.8, 4) is 11.4 Å². The van der Waals surface area contributed by atoms with E-state index >= 15 is 0 Å². The third-order valence-electron chi connectivity index (χ3n) is 5.60. The van der Waals surface area contributed by atoms with Crippen LogP contribution in [-0.2, 0) is 17.8 Å². The van der Waals surface area contributed by atoms with Gasteiger partial charge >= 0.3 is 0 Å². The summed E-state index contributed by atoms with van der Waals surface area (Å²) in [6.07, 6.45) is 0.661. The van der Waals surface area contributed by atoms with Crippen LogP contribution in [0, 0.1) is 5.82 Å². The summed E-state index contributed by atoms with van der Waals surface area (Å²) in [7, 11) is 0. The van der Waals surface area contributed by atoms with Gasteiger partial charge in [-0.2, -0.15) is 4.98 Å². The summed E-state index contributed by atoms with van der Waals surface area (Å²) in [5.41, 5.74) is 2.02. The van der Waals surface area contributed by atoms with Crippen LogP contribution in [0.5, 0.6) is 0 Å². The number of hydrogen-bond acceptors (Lipinski definition) is 6. The Labute approximate surface area is 187 Å². The average Bonchev–Trinajstić information content (AvgIpc) is 3.29. The van der Waals surface area contributed by atoms with Gasteiger partial charge in [-0.3, -0.25) is 14.6 Å². The molecular weight excluding hydrogens is 409 g/mol. The van der Waals surface area contributed by atoms with Gasteiger partial charge in [0.25, 0.3) is 0 Å². The number of rotatable bonds is 9. The molecule has 0 radical (unpaired) electrons. The number of amides is 1. The Hall–Kier alpha value is -3.10. The van der Waals surface area contributed by atoms with E-state index in [-0.39, 0.29) is 18.1 Å². The predicted molar refractivity (Wildman–Crippen MR) is 119 cm³/mol. The largest absolute Gasteiger partial charge is 0.355 e. The molecule has 1 aromatic heterocycles. The zero-order valence-electron chi connectivity index (χ0n) is 18.0. The zero-order chi connectivity index (χ0) is 22.2. The van der Waals surface area contributed by atoms with Crippen molar-refractivity contribution in [1.29, 1.82) is 0 Å². The number of carbonyl (C=O) groups excluding carboxylic acids is 1. The van der Waals surface area contributed by atoms with Crippen molar-refractivity contribution in [1.82, 2.24) is 25.3 Å². The van der Waals surface area contributed by atoms with Crippen LogP contribution in [0.25, 0.3) is 11.4 Å². The van der Waals surface area contributed by atoms with Crippen molar-refractivity contribution < 1.29 is 13.7 Å². The standard InChI is InChI=1S/C24H28FN5O2/c25-21-8-6-20(7-9-21)24-27-23(32-28-24)11-10-22(31)26-12-13-29-14-16-30(17-15-29)18-19-4-2-1-3-5-19/h1-9H,10-18H2,(H,26,31). The van der Waals surface area contributed by atoms with E-state index in [0.29, 0.717) is 30.2 Å². The summed E-state index contributed by atoms with van der Waals surface area (Å²) >= 11 is 0. The Morgan fingerprint density at radius 1 is 1.00 bits per heavy atom. The summed E-state index contributed by atoms with van der Waals surface area (Å²) in [4.78, 5) is 21.3. The number of aromatic nitrogens is 2. The molecule has 0 bridgehead atoms. The highest BCUT2D eigenvalue weighted by atomic mass is 19.1. The maximum absolute atomic E-state index is 13.0. The molecule has 0 saturated carbocycles. The van der Waals surface area contributed by atoms with Crippen molar-refractivity contribution in [3.05, 3.63) is 71.9 Å². The van der Waals surface area contributed by atoms with Crippen LogP contribution >= 0.6 is 0 Å². The molecule has 3 aromatic rings. The van der Waals surface area contributed by atoms with E-state index < -0.39 is 0 Å². The highest BCUT2D eigenvalue weighted by Gasteiger charge is 2.17. The molecule has 1 aliphatic heterocycles. The molecule has 2 heterocycles. The fourth-order valence-corrected chi connectivity index (χ4v) is 3.75. The van der Waals surface area contributed by atoms with E-state index in [1.807, 2.05) is 6.07 Å². The third-order valence-corrected chi connectivity index (χ3v) is 5.60. The molecule has 0 spiro atoms. The summed E-state index contributed by atoms with van der Waals surface area (Å²) in [5, 5.41) is 6.87. The lowest BCUT2D eigenvalue weighted by molar-refractivity contribution is -0.121. The Bertz CT molecular complexity index is 985. The van der Waals surface area contributed by atoms with Crippen LogP contribution in [0.1, 0.15) is 17.9 Å². The van der Waals surface area contributed by atoms with Gasteiger partial charge < -0.3 is 9.84 Å². The summed E-state index contributed by atoms with van der Waals surface area (Å²) in [5.74, 6) is 0.443. The topological polar surface area (TPSA) is 74.5 Å². The molecular formula is C24H28FN5O2. The van der Waals surface area contributed by atoms with E-state index in [4.69, 9.17) is 4.52 Å². The van der Waals surface area contributed by atoms with E-state index in [1.165, 1.54) is 17.7 Å². The van der Waals surface area contributed by atoms with Crippen LogP contribution in [0.3, 0.4) is 0 Å². The summed E-state index contributed by atoms with van der Waals surface area (Å²) in [6.45, 7) is 6.56. The highest BCUT2D eigenvalue weighted by Crippen LogP contribution is 2.16. The second-order valence-corrected chi connectivity index (χ2v) is 7.97. The Balaban J connectivity index is 1.11. The predicted octanol–water partition coefficient (Wildman–Crippen LogP) is 2.74. The fourth-order valence-electron chi connectivity index (χ4n) is 3.75. The first-order valence-corrected chi connectivity index (χ1v) is 11.0. The van der Waals surface area contributed by atoms with Crippen molar-refractivity contribution in [3.63, 3.8) is 0 Å². The molecule has 1 amide bonds. The number of hydrogen-bond donors (Lipinski definition) is 1. The first kappa shape index (κ1) is 22.1. The van der Waals surface area contributed by atoms with Crippen LogP contribution in [-0.4, -0.2) is 65.1 Å². The van der Waals surface area contributed by atoms with Gasteiger partial charge in [-0.05, 0) is 29.8 Å². The molecule has 32 heavy (non-hydrogen) atoms. The minimum absolute atomic E-state index is 0.0331. The quantitative estimate of drug-likeness (QED) is 0.555. The molecule has 8 heteroatoms. The van der Waals surface area contributed by atoms with Crippen molar-refractivity contribution in [2.75, 3.05) is 39.3 Å². The van der Waals surface area contributed by atoms with Gasteiger partial charge in [0, 0.05) is 64.2 Å². The Morgan fingerprint density at radius 2 is 1.72 bits per heavy atom. The highest BCUT2D eigenvalue weighted by molar-refractivity contribution is 5.76. The molecule has 2 aromatic carbocycles. The molecule has 1 saturated heterocycles. The normalized spacial score (nSPS) is 15.0. The van der Waals surface area contributed by atoms with Crippen molar-refractivity contribution in [2.24, 2.45) is 0 Å². The number of aryl methyl sites for hydroxylation is 1. The van der Waals surface area contributed by atoms with Gasteiger partial charge in [-0.15, -0.1) is 0 Å². The van der Waals surface area contributed by atoms with Gasteiger partial charge in [0.05, 0.1) is 0 Å². The number of carbonyl (C=O) groups is 1. The molecule has 1 N–H and O–H groups in total. The number of piperazine rings is 1. The monoisotopic (exact) mass is 437 g/mol. The first-order chi connectivity index (χ1) is 15.7. The first-order valence-electron chi connectivity index (χ1n) is 11.0. The van der Waals surface area contributed by atoms with Gasteiger partial charge in [0.15, 0.2) is 0 Å². The van der Waals surface area contributed by atoms with E-state index in [2.05, 4.69) is 49.5 Å². The molecule has 0 aliphatic carbocycles. The summed E-state index contributed by atoms with van der Waals surface area (Å²) < 4.78 is 18.2. The number of nitrogens with one attached hydrogen (secondary N) is 1. The van der Waals surface area contributed by atoms with E-state index in [1.54, 1.807) is 12.1 Å². The van der Waals surface area contributed by atoms with Gasteiger partial charge in [0.2, 0.25) is 17.6 Å². The number of nitrogens with zero attached hydrogens (tertiary/aromatic N) is 4. The van der Waals surface area contributed by atoms with Crippen LogP contribution in [0.15, 0.2) is 59.1 Å². The summed E-state index contributed by atoms with van der Waals surface area (Å²) in [6, 6.07) is 16.4. The van der Waals surface area contributed by atoms with Crippen LogP contribution in [0.2, 0.25) is 0 Å². The van der Waals surface area contributed by atoms with Crippen LogP contribution < -0.4 is 5.32 Å². The maximum Gasteiger partial charge on any atom is 0.227 e. The smallest absolute Gasteiger partial charge is 0.227 e. The average molecular weight is 438 g/mol. The van der Waals surface area contributed by atoms with Gasteiger partial charge in [-0.25, -0.2) is 4.39 Å². The number of benzene rings is 2. The Kier molecular flexibility index (Phi) is 7.58. The molecule has 168 valence electrons.